The molecule has 1 heterocycles. The summed E-state index contributed by atoms with van der Waals surface area (Å²) < 4.78 is 12.1. The Hall–Kier alpha value is -3.15. The SMILES string of the molecule is CCOc1ccccc1N=Cc1cccc(OC(=O)c2sc3ccccc3c2Cl)c1. The number of fused-ring (bicyclic) bond motifs is 1. The van der Waals surface area contributed by atoms with E-state index in [1.54, 1.807) is 18.3 Å². The smallest absolute Gasteiger partial charge is 0.355 e. The van der Waals surface area contributed by atoms with Crippen LogP contribution in [-0.2, 0) is 0 Å². The molecule has 0 aliphatic carbocycles. The number of thiophene rings is 1. The second kappa shape index (κ2) is 9.11. The van der Waals surface area contributed by atoms with Crippen LogP contribution in [-0.4, -0.2) is 18.8 Å². The number of aliphatic imine (C=N–C) groups is 1. The minimum Gasteiger partial charge on any atom is -0.492 e. The maximum Gasteiger partial charge on any atom is 0.355 e. The van der Waals surface area contributed by atoms with Gasteiger partial charge in [-0.3, -0.25) is 4.99 Å². The van der Waals surface area contributed by atoms with Crippen LogP contribution in [0.3, 0.4) is 0 Å². The van der Waals surface area contributed by atoms with Gasteiger partial charge in [0.15, 0.2) is 0 Å². The van der Waals surface area contributed by atoms with E-state index in [1.807, 2.05) is 67.6 Å². The molecular weight excluding hydrogens is 418 g/mol. The van der Waals surface area contributed by atoms with Crippen molar-refractivity contribution in [3.05, 3.63) is 88.3 Å². The summed E-state index contributed by atoms with van der Waals surface area (Å²) in [6.07, 6.45) is 1.71. The van der Waals surface area contributed by atoms with Crippen LogP contribution < -0.4 is 9.47 Å². The molecule has 4 rings (SSSR count). The predicted molar refractivity (Wildman–Crippen MR) is 123 cm³/mol. The third-order valence-electron chi connectivity index (χ3n) is 4.31. The van der Waals surface area contributed by atoms with E-state index >= 15 is 0 Å². The predicted octanol–water partition coefficient (Wildman–Crippen LogP) is 6.92. The van der Waals surface area contributed by atoms with Crippen LogP contribution in [0.15, 0.2) is 77.8 Å². The molecule has 0 saturated heterocycles. The molecule has 0 bridgehead atoms. The molecule has 0 amide bonds. The van der Waals surface area contributed by atoms with Crippen LogP contribution in [0.4, 0.5) is 5.69 Å². The van der Waals surface area contributed by atoms with Gasteiger partial charge in [0.25, 0.3) is 0 Å². The highest BCUT2D eigenvalue weighted by Gasteiger charge is 2.19. The lowest BCUT2D eigenvalue weighted by atomic mass is 10.2. The number of halogens is 1. The summed E-state index contributed by atoms with van der Waals surface area (Å²) in [7, 11) is 0. The van der Waals surface area contributed by atoms with Gasteiger partial charge in [-0.2, -0.15) is 0 Å². The Kier molecular flexibility index (Phi) is 6.12. The minimum atomic E-state index is -0.475. The highest BCUT2D eigenvalue weighted by Crippen LogP contribution is 2.35. The van der Waals surface area contributed by atoms with E-state index in [9.17, 15) is 4.79 Å². The van der Waals surface area contributed by atoms with Crippen molar-refractivity contribution in [2.45, 2.75) is 6.92 Å². The van der Waals surface area contributed by atoms with Crippen molar-refractivity contribution in [1.29, 1.82) is 0 Å². The normalized spacial score (nSPS) is 11.1. The van der Waals surface area contributed by atoms with Crippen molar-refractivity contribution in [3.8, 4) is 11.5 Å². The molecule has 3 aromatic carbocycles. The monoisotopic (exact) mass is 435 g/mol. The zero-order chi connectivity index (χ0) is 20.9. The van der Waals surface area contributed by atoms with Crippen molar-refractivity contribution < 1.29 is 14.3 Å². The van der Waals surface area contributed by atoms with Gasteiger partial charge in [0.2, 0.25) is 0 Å². The fraction of sp³-hybridized carbons (Fsp3) is 0.0833. The molecule has 0 N–H and O–H groups in total. The molecular formula is C24H18ClNO3S. The van der Waals surface area contributed by atoms with E-state index in [0.29, 0.717) is 22.3 Å². The third kappa shape index (κ3) is 4.37. The summed E-state index contributed by atoms with van der Waals surface area (Å²) in [5.74, 6) is 0.672. The number of ether oxygens (including phenoxy) is 2. The first-order chi connectivity index (χ1) is 14.7. The Morgan fingerprint density at radius 1 is 1.07 bits per heavy atom. The molecule has 0 aliphatic heterocycles. The number of carbonyl (C=O) groups excluding carboxylic acids is 1. The van der Waals surface area contributed by atoms with Gasteiger partial charge in [0.05, 0.1) is 11.6 Å². The van der Waals surface area contributed by atoms with Gasteiger partial charge < -0.3 is 9.47 Å². The number of hydrogen-bond acceptors (Lipinski definition) is 5. The van der Waals surface area contributed by atoms with E-state index in [2.05, 4.69) is 4.99 Å². The maximum absolute atomic E-state index is 12.7. The van der Waals surface area contributed by atoms with Crippen molar-refractivity contribution in [1.82, 2.24) is 0 Å². The average Bonchev–Trinajstić information content (AvgIpc) is 3.11. The standard InChI is InChI=1S/C24H18ClNO3S/c1-2-28-20-12-5-4-11-19(20)26-15-16-8-7-9-17(14-16)29-24(27)23-22(25)18-10-3-6-13-21(18)30-23/h3-15H,2H2,1H3. The molecule has 0 aliphatic rings. The Morgan fingerprint density at radius 2 is 1.87 bits per heavy atom. The number of para-hydroxylation sites is 2. The topological polar surface area (TPSA) is 47.9 Å². The number of rotatable bonds is 6. The molecule has 6 heteroatoms. The zero-order valence-electron chi connectivity index (χ0n) is 16.2. The van der Waals surface area contributed by atoms with Crippen LogP contribution in [0, 0.1) is 0 Å². The third-order valence-corrected chi connectivity index (χ3v) is 5.96. The lowest BCUT2D eigenvalue weighted by Crippen LogP contribution is -2.07. The average molecular weight is 436 g/mol. The first kappa shape index (κ1) is 20.1. The largest absolute Gasteiger partial charge is 0.492 e. The molecule has 0 atom stereocenters. The summed E-state index contributed by atoms with van der Waals surface area (Å²) in [5, 5.41) is 1.27. The highest BCUT2D eigenvalue weighted by atomic mass is 35.5. The van der Waals surface area contributed by atoms with Crippen LogP contribution in [0.1, 0.15) is 22.2 Å². The summed E-state index contributed by atoms with van der Waals surface area (Å²) >= 11 is 7.71. The molecule has 0 saturated carbocycles. The van der Waals surface area contributed by atoms with Gasteiger partial charge in [0, 0.05) is 16.3 Å². The maximum atomic E-state index is 12.7. The Labute approximate surface area is 183 Å². The number of carbonyl (C=O) groups is 1. The Balaban J connectivity index is 1.53. The molecule has 0 spiro atoms. The van der Waals surface area contributed by atoms with Crippen LogP contribution in [0.25, 0.3) is 10.1 Å². The number of nitrogens with zero attached hydrogens (tertiary/aromatic N) is 1. The molecule has 150 valence electrons. The lowest BCUT2D eigenvalue weighted by Gasteiger charge is -2.06. The zero-order valence-corrected chi connectivity index (χ0v) is 17.7. The van der Waals surface area contributed by atoms with E-state index in [-0.39, 0.29) is 0 Å². The summed E-state index contributed by atoms with van der Waals surface area (Å²) in [5.41, 5.74) is 1.54. The molecule has 0 radical (unpaired) electrons. The minimum absolute atomic E-state index is 0.391. The first-order valence-corrected chi connectivity index (χ1v) is 10.6. The highest BCUT2D eigenvalue weighted by molar-refractivity contribution is 7.21. The quantitative estimate of drug-likeness (QED) is 0.187. The van der Waals surface area contributed by atoms with Crippen LogP contribution in [0.5, 0.6) is 11.5 Å². The molecule has 4 nitrogen and oxygen atoms in total. The van der Waals surface area contributed by atoms with Gasteiger partial charge in [-0.05, 0) is 42.8 Å². The fourth-order valence-corrected chi connectivity index (χ4v) is 4.33. The van der Waals surface area contributed by atoms with Gasteiger partial charge in [-0.1, -0.05) is 54.1 Å². The number of benzene rings is 3. The Morgan fingerprint density at radius 3 is 2.70 bits per heavy atom. The molecule has 1 aromatic heterocycles. The summed E-state index contributed by atoms with van der Waals surface area (Å²) in [4.78, 5) is 17.6. The lowest BCUT2D eigenvalue weighted by molar-refractivity contribution is 0.0740. The van der Waals surface area contributed by atoms with Crippen molar-refractivity contribution in [3.63, 3.8) is 0 Å². The van der Waals surface area contributed by atoms with E-state index in [0.717, 1.165) is 27.1 Å². The van der Waals surface area contributed by atoms with E-state index in [1.165, 1.54) is 11.3 Å². The van der Waals surface area contributed by atoms with Gasteiger partial charge in [0.1, 0.15) is 22.1 Å². The fourth-order valence-electron chi connectivity index (χ4n) is 2.94. The van der Waals surface area contributed by atoms with Gasteiger partial charge >= 0.3 is 5.97 Å². The van der Waals surface area contributed by atoms with Crippen LogP contribution >= 0.6 is 22.9 Å². The van der Waals surface area contributed by atoms with Crippen molar-refractivity contribution in [2.75, 3.05) is 6.61 Å². The summed E-state index contributed by atoms with van der Waals surface area (Å²) in [6.45, 7) is 2.50. The van der Waals surface area contributed by atoms with Gasteiger partial charge in [-0.15, -0.1) is 11.3 Å². The van der Waals surface area contributed by atoms with Crippen LogP contribution in [0.2, 0.25) is 5.02 Å². The van der Waals surface area contributed by atoms with E-state index in [4.69, 9.17) is 21.1 Å². The Bertz CT molecular complexity index is 1230. The van der Waals surface area contributed by atoms with Crippen molar-refractivity contribution >= 4 is 50.9 Å². The number of hydrogen-bond donors (Lipinski definition) is 0. The molecule has 0 unspecified atom stereocenters. The second-order valence-corrected chi connectivity index (χ2v) is 7.79. The van der Waals surface area contributed by atoms with Gasteiger partial charge in [-0.25, -0.2) is 4.79 Å². The van der Waals surface area contributed by atoms with Crippen molar-refractivity contribution in [2.24, 2.45) is 4.99 Å². The van der Waals surface area contributed by atoms with E-state index < -0.39 is 5.97 Å². The molecule has 0 fully saturated rings. The number of esters is 1. The molecule has 4 aromatic rings. The second-order valence-electron chi connectivity index (χ2n) is 6.36. The molecule has 30 heavy (non-hydrogen) atoms. The first-order valence-electron chi connectivity index (χ1n) is 9.41. The summed E-state index contributed by atoms with van der Waals surface area (Å²) in [6, 6.07) is 22.4.